The summed E-state index contributed by atoms with van der Waals surface area (Å²) in [5.74, 6) is 0.135. The molecule has 1 rings (SSSR count). The van der Waals surface area contributed by atoms with Crippen LogP contribution in [0.1, 0.15) is 19.3 Å². The number of hydrogen-bond acceptors (Lipinski definition) is 4. The van der Waals surface area contributed by atoms with Crippen LogP contribution in [0.25, 0.3) is 0 Å². The summed E-state index contributed by atoms with van der Waals surface area (Å²) in [6, 6.07) is 0. The van der Waals surface area contributed by atoms with Gasteiger partial charge in [-0.3, -0.25) is 4.79 Å². The molecule has 1 aliphatic heterocycles. The van der Waals surface area contributed by atoms with Crippen LogP contribution in [0, 0.1) is 0 Å². The largest absolute Gasteiger partial charge is 0.359 e. The van der Waals surface area contributed by atoms with Crippen LogP contribution in [0.5, 0.6) is 0 Å². The normalized spacial score (nSPS) is 18.2. The fourth-order valence-electron chi connectivity index (χ4n) is 2.10. The van der Waals surface area contributed by atoms with Crippen molar-refractivity contribution in [2.75, 3.05) is 52.9 Å². The third kappa shape index (κ3) is 6.00. The van der Waals surface area contributed by atoms with Crippen LogP contribution in [0.4, 0.5) is 0 Å². The minimum absolute atomic E-state index is 0.135. The SMILES string of the molecule is CNC(=O)CCN1CCN(CCCCN)CC1. The average Bonchev–Trinajstić information content (AvgIpc) is 2.37. The third-order valence-corrected chi connectivity index (χ3v) is 3.33. The second-order valence-corrected chi connectivity index (χ2v) is 4.60. The minimum atomic E-state index is 0.135. The van der Waals surface area contributed by atoms with Gasteiger partial charge in [0.05, 0.1) is 0 Å². The number of carbonyl (C=O) groups is 1. The maximum absolute atomic E-state index is 11.1. The molecule has 0 unspecified atom stereocenters. The molecule has 0 aromatic heterocycles. The highest BCUT2D eigenvalue weighted by Gasteiger charge is 2.16. The lowest BCUT2D eigenvalue weighted by molar-refractivity contribution is -0.121. The quantitative estimate of drug-likeness (QED) is 0.590. The van der Waals surface area contributed by atoms with Gasteiger partial charge in [0.2, 0.25) is 5.91 Å². The van der Waals surface area contributed by atoms with Gasteiger partial charge in [0.25, 0.3) is 0 Å². The van der Waals surface area contributed by atoms with Gasteiger partial charge in [-0.05, 0) is 25.9 Å². The maximum atomic E-state index is 11.1. The second kappa shape index (κ2) is 8.44. The second-order valence-electron chi connectivity index (χ2n) is 4.60. The summed E-state index contributed by atoms with van der Waals surface area (Å²) in [5, 5.41) is 2.66. The van der Waals surface area contributed by atoms with E-state index in [0.717, 1.165) is 45.7 Å². The van der Waals surface area contributed by atoms with Gasteiger partial charge in [-0.25, -0.2) is 0 Å². The molecule has 17 heavy (non-hydrogen) atoms. The van der Waals surface area contributed by atoms with Crippen molar-refractivity contribution in [3.05, 3.63) is 0 Å². The molecule has 3 N–H and O–H groups in total. The molecule has 1 heterocycles. The van der Waals surface area contributed by atoms with E-state index >= 15 is 0 Å². The molecule has 0 radical (unpaired) electrons. The molecule has 0 bridgehead atoms. The van der Waals surface area contributed by atoms with Gasteiger partial charge in [0, 0.05) is 46.2 Å². The molecule has 1 aliphatic rings. The molecule has 0 saturated carbocycles. The van der Waals surface area contributed by atoms with E-state index in [9.17, 15) is 4.79 Å². The molecule has 0 aliphatic carbocycles. The Hall–Kier alpha value is -0.650. The average molecular weight is 242 g/mol. The molecule has 0 aromatic rings. The van der Waals surface area contributed by atoms with E-state index in [1.165, 1.54) is 13.0 Å². The molecule has 0 atom stereocenters. The summed E-state index contributed by atoms with van der Waals surface area (Å²) < 4.78 is 0. The van der Waals surface area contributed by atoms with Crippen LogP contribution in [0.15, 0.2) is 0 Å². The van der Waals surface area contributed by atoms with Gasteiger partial charge in [-0.2, -0.15) is 0 Å². The van der Waals surface area contributed by atoms with Crippen molar-refractivity contribution >= 4 is 5.91 Å². The topological polar surface area (TPSA) is 61.6 Å². The van der Waals surface area contributed by atoms with Crippen LogP contribution in [-0.2, 0) is 4.79 Å². The first-order valence-corrected chi connectivity index (χ1v) is 6.61. The Labute approximate surface area is 104 Å². The lowest BCUT2D eigenvalue weighted by Crippen LogP contribution is -2.47. The minimum Gasteiger partial charge on any atom is -0.359 e. The number of unbranched alkanes of at least 4 members (excludes halogenated alkanes) is 1. The van der Waals surface area contributed by atoms with E-state index in [0.29, 0.717) is 6.42 Å². The smallest absolute Gasteiger partial charge is 0.221 e. The molecule has 1 saturated heterocycles. The van der Waals surface area contributed by atoms with Crippen molar-refractivity contribution in [3.63, 3.8) is 0 Å². The zero-order valence-corrected chi connectivity index (χ0v) is 11.0. The van der Waals surface area contributed by atoms with Crippen molar-refractivity contribution in [1.82, 2.24) is 15.1 Å². The van der Waals surface area contributed by atoms with Gasteiger partial charge in [0.15, 0.2) is 0 Å². The van der Waals surface area contributed by atoms with Gasteiger partial charge in [0.1, 0.15) is 0 Å². The van der Waals surface area contributed by atoms with Crippen LogP contribution in [0.3, 0.4) is 0 Å². The van der Waals surface area contributed by atoms with E-state index in [4.69, 9.17) is 5.73 Å². The number of piperazine rings is 1. The molecule has 1 amide bonds. The fraction of sp³-hybridized carbons (Fsp3) is 0.917. The third-order valence-electron chi connectivity index (χ3n) is 3.33. The maximum Gasteiger partial charge on any atom is 0.221 e. The summed E-state index contributed by atoms with van der Waals surface area (Å²) in [4.78, 5) is 16.0. The number of carbonyl (C=O) groups excluding carboxylic acids is 1. The molecule has 0 aromatic carbocycles. The lowest BCUT2D eigenvalue weighted by Gasteiger charge is -2.34. The highest BCUT2D eigenvalue weighted by Crippen LogP contribution is 2.03. The number of rotatable bonds is 7. The molecular formula is C12H26N4O. The van der Waals surface area contributed by atoms with E-state index in [2.05, 4.69) is 15.1 Å². The van der Waals surface area contributed by atoms with Crippen molar-refractivity contribution in [1.29, 1.82) is 0 Å². The van der Waals surface area contributed by atoms with Gasteiger partial charge < -0.3 is 20.9 Å². The molecular weight excluding hydrogens is 216 g/mol. The predicted octanol–water partition coefficient (Wildman–Crippen LogP) is -0.521. The van der Waals surface area contributed by atoms with E-state index < -0.39 is 0 Å². The van der Waals surface area contributed by atoms with Gasteiger partial charge >= 0.3 is 0 Å². The van der Waals surface area contributed by atoms with Crippen molar-refractivity contribution in [2.24, 2.45) is 5.73 Å². The molecule has 1 fully saturated rings. The van der Waals surface area contributed by atoms with Gasteiger partial charge in [-0.1, -0.05) is 0 Å². The Morgan fingerprint density at radius 3 is 2.24 bits per heavy atom. The monoisotopic (exact) mass is 242 g/mol. The number of hydrogen-bond donors (Lipinski definition) is 2. The predicted molar refractivity (Wildman–Crippen MR) is 69.9 cm³/mol. The first kappa shape index (κ1) is 14.4. The van der Waals surface area contributed by atoms with Gasteiger partial charge in [-0.15, -0.1) is 0 Å². The molecule has 0 spiro atoms. The zero-order chi connectivity index (χ0) is 12.5. The highest BCUT2D eigenvalue weighted by atomic mass is 16.1. The van der Waals surface area contributed by atoms with Crippen molar-refractivity contribution in [3.8, 4) is 0 Å². The molecule has 5 heteroatoms. The van der Waals surface area contributed by atoms with Crippen LogP contribution < -0.4 is 11.1 Å². The highest BCUT2D eigenvalue weighted by molar-refractivity contribution is 5.75. The van der Waals surface area contributed by atoms with Crippen molar-refractivity contribution in [2.45, 2.75) is 19.3 Å². The first-order chi connectivity index (χ1) is 8.26. The van der Waals surface area contributed by atoms with Crippen molar-refractivity contribution < 1.29 is 4.79 Å². The standard InChI is InChI=1S/C12H26N4O/c1-14-12(17)4-7-16-10-8-15(9-11-16)6-3-2-5-13/h2-11,13H2,1H3,(H,14,17). The zero-order valence-electron chi connectivity index (χ0n) is 11.0. The van der Waals surface area contributed by atoms with E-state index in [1.54, 1.807) is 7.05 Å². The Bertz CT molecular complexity index is 215. The summed E-state index contributed by atoms with van der Waals surface area (Å²) in [6.45, 7) is 7.26. The Morgan fingerprint density at radius 2 is 1.71 bits per heavy atom. The Kier molecular flexibility index (Phi) is 7.16. The Morgan fingerprint density at radius 1 is 1.12 bits per heavy atom. The van der Waals surface area contributed by atoms with E-state index in [-0.39, 0.29) is 5.91 Å². The summed E-state index contributed by atoms with van der Waals surface area (Å²) in [7, 11) is 1.69. The number of amides is 1. The number of nitrogens with zero attached hydrogens (tertiary/aromatic N) is 2. The van der Waals surface area contributed by atoms with Crippen LogP contribution >= 0.6 is 0 Å². The van der Waals surface area contributed by atoms with Crippen LogP contribution in [0.2, 0.25) is 0 Å². The molecule has 100 valence electrons. The Balaban J connectivity index is 2.07. The summed E-state index contributed by atoms with van der Waals surface area (Å²) >= 11 is 0. The molecule has 5 nitrogen and oxygen atoms in total. The lowest BCUT2D eigenvalue weighted by atomic mass is 10.2. The fourth-order valence-corrected chi connectivity index (χ4v) is 2.10. The van der Waals surface area contributed by atoms with Crippen LogP contribution in [-0.4, -0.2) is 68.6 Å². The number of nitrogens with two attached hydrogens (primary N) is 1. The first-order valence-electron chi connectivity index (χ1n) is 6.61. The summed E-state index contributed by atoms with van der Waals surface area (Å²) in [6.07, 6.45) is 2.94. The number of nitrogens with one attached hydrogen (secondary N) is 1. The van der Waals surface area contributed by atoms with E-state index in [1.807, 2.05) is 0 Å². The summed E-state index contributed by atoms with van der Waals surface area (Å²) in [5.41, 5.74) is 5.48.